The predicted octanol–water partition coefficient (Wildman–Crippen LogP) is 3.53. The summed E-state index contributed by atoms with van der Waals surface area (Å²) in [6.45, 7) is 0.173. The molecule has 0 aliphatic rings. The van der Waals surface area contributed by atoms with Crippen LogP contribution in [0.4, 0.5) is 0 Å². The maximum Gasteiger partial charge on any atom is 0.235 e. The number of benzene rings is 1. The molecular formula is C14H8Cl2N6OS. The molecule has 1 aromatic carbocycles. The van der Waals surface area contributed by atoms with Crippen LogP contribution >= 0.6 is 34.5 Å². The Labute approximate surface area is 149 Å². The minimum absolute atomic E-state index is 0.173. The molecule has 0 saturated carbocycles. The van der Waals surface area contributed by atoms with Crippen LogP contribution in [0.5, 0.6) is 5.75 Å². The van der Waals surface area contributed by atoms with Gasteiger partial charge in [0.25, 0.3) is 0 Å². The quantitative estimate of drug-likeness (QED) is 0.540. The molecule has 10 heteroatoms. The van der Waals surface area contributed by atoms with Gasteiger partial charge in [0.2, 0.25) is 4.96 Å². The van der Waals surface area contributed by atoms with Crippen molar-refractivity contribution in [2.45, 2.75) is 6.61 Å². The summed E-state index contributed by atoms with van der Waals surface area (Å²) < 4.78 is 7.31. The second-order valence-corrected chi connectivity index (χ2v) is 6.47. The molecule has 0 amide bonds. The first-order valence-corrected chi connectivity index (χ1v) is 8.33. The lowest BCUT2D eigenvalue weighted by Crippen LogP contribution is -2.02. The zero-order valence-corrected chi connectivity index (χ0v) is 14.3. The van der Waals surface area contributed by atoms with Crippen LogP contribution in [0.25, 0.3) is 15.7 Å². The molecule has 4 rings (SSSR count). The van der Waals surface area contributed by atoms with Crippen LogP contribution < -0.4 is 4.74 Å². The number of fused-ring (bicyclic) bond motifs is 1. The highest BCUT2D eigenvalue weighted by Crippen LogP contribution is 2.28. The number of nitrogens with zero attached hydrogens (tertiary/aromatic N) is 6. The fourth-order valence-corrected chi connectivity index (χ4v) is 3.28. The van der Waals surface area contributed by atoms with Gasteiger partial charge in [0.15, 0.2) is 10.8 Å². The third kappa shape index (κ3) is 2.91. The van der Waals surface area contributed by atoms with Crippen molar-refractivity contribution in [2.24, 2.45) is 0 Å². The van der Waals surface area contributed by atoms with Gasteiger partial charge in [-0.25, -0.2) is 0 Å². The lowest BCUT2D eigenvalue weighted by atomic mass is 10.3. The van der Waals surface area contributed by atoms with E-state index in [1.54, 1.807) is 41.3 Å². The van der Waals surface area contributed by atoms with Crippen LogP contribution in [0.3, 0.4) is 0 Å². The van der Waals surface area contributed by atoms with Gasteiger partial charge in [-0.1, -0.05) is 34.5 Å². The van der Waals surface area contributed by atoms with E-state index < -0.39 is 0 Å². The van der Waals surface area contributed by atoms with Gasteiger partial charge in [0, 0.05) is 17.4 Å². The van der Waals surface area contributed by atoms with Crippen LogP contribution in [0.15, 0.2) is 36.8 Å². The van der Waals surface area contributed by atoms with Gasteiger partial charge in [-0.2, -0.15) is 9.61 Å². The number of rotatable bonds is 4. The maximum absolute atomic E-state index is 6.09. The summed E-state index contributed by atoms with van der Waals surface area (Å²) in [6, 6.07) is 5.03. The predicted molar refractivity (Wildman–Crippen MR) is 90.5 cm³/mol. The molecule has 24 heavy (non-hydrogen) atoms. The van der Waals surface area contributed by atoms with Crippen molar-refractivity contribution in [3.05, 3.63) is 52.7 Å². The van der Waals surface area contributed by atoms with Crippen molar-refractivity contribution in [1.29, 1.82) is 0 Å². The van der Waals surface area contributed by atoms with E-state index in [1.807, 2.05) is 0 Å². The van der Waals surface area contributed by atoms with Gasteiger partial charge >= 0.3 is 0 Å². The number of hydrogen-bond donors (Lipinski definition) is 0. The Morgan fingerprint density at radius 2 is 2.08 bits per heavy atom. The smallest absolute Gasteiger partial charge is 0.235 e. The summed E-state index contributed by atoms with van der Waals surface area (Å²) in [5.74, 6) is 1.07. The molecule has 0 saturated heterocycles. The van der Waals surface area contributed by atoms with Gasteiger partial charge in [-0.05, 0) is 18.2 Å². The van der Waals surface area contributed by atoms with Crippen molar-refractivity contribution in [3.8, 4) is 16.5 Å². The van der Waals surface area contributed by atoms with Crippen molar-refractivity contribution >= 4 is 39.5 Å². The molecule has 0 N–H and O–H groups in total. The molecule has 120 valence electrons. The highest BCUT2D eigenvalue weighted by Gasteiger charge is 2.14. The third-order valence-corrected chi connectivity index (χ3v) is 4.54. The van der Waals surface area contributed by atoms with Gasteiger partial charge in [-0.15, -0.1) is 10.2 Å². The summed E-state index contributed by atoms with van der Waals surface area (Å²) >= 11 is 13.3. The first-order valence-electron chi connectivity index (χ1n) is 6.76. The topological polar surface area (TPSA) is 78.1 Å². The molecule has 7 nitrogen and oxygen atoms in total. The Bertz CT molecular complexity index is 1000. The van der Waals surface area contributed by atoms with Crippen molar-refractivity contribution in [3.63, 3.8) is 0 Å². The molecule has 0 radical (unpaired) electrons. The summed E-state index contributed by atoms with van der Waals surface area (Å²) in [4.78, 5) is 8.92. The van der Waals surface area contributed by atoms with Crippen LogP contribution in [-0.4, -0.2) is 29.8 Å². The van der Waals surface area contributed by atoms with Crippen LogP contribution in [0.1, 0.15) is 5.82 Å². The Balaban J connectivity index is 1.59. The molecule has 4 aromatic rings. The van der Waals surface area contributed by atoms with Gasteiger partial charge in [-0.3, -0.25) is 9.97 Å². The molecule has 3 aromatic heterocycles. The van der Waals surface area contributed by atoms with Crippen LogP contribution in [0.2, 0.25) is 10.0 Å². The number of halogens is 2. The molecule has 0 bridgehead atoms. The van der Waals surface area contributed by atoms with E-state index in [9.17, 15) is 0 Å². The Hall–Kier alpha value is -2.29. The van der Waals surface area contributed by atoms with Crippen molar-refractivity contribution in [2.75, 3.05) is 0 Å². The normalized spacial score (nSPS) is 11.1. The first kappa shape index (κ1) is 15.3. The average molecular weight is 379 g/mol. The largest absolute Gasteiger partial charge is 0.484 e. The highest BCUT2D eigenvalue weighted by atomic mass is 35.5. The zero-order valence-electron chi connectivity index (χ0n) is 11.9. The van der Waals surface area contributed by atoms with E-state index in [-0.39, 0.29) is 6.61 Å². The molecule has 0 aliphatic carbocycles. The Morgan fingerprint density at radius 3 is 2.88 bits per heavy atom. The van der Waals surface area contributed by atoms with Gasteiger partial charge < -0.3 is 4.74 Å². The minimum Gasteiger partial charge on any atom is -0.484 e. The van der Waals surface area contributed by atoms with E-state index in [1.165, 1.54) is 11.3 Å². The monoisotopic (exact) mass is 378 g/mol. The number of aromatic nitrogens is 6. The molecule has 0 spiro atoms. The summed E-state index contributed by atoms with van der Waals surface area (Å²) in [6.07, 6.45) is 4.87. The van der Waals surface area contributed by atoms with E-state index >= 15 is 0 Å². The number of hydrogen-bond acceptors (Lipinski definition) is 7. The van der Waals surface area contributed by atoms with E-state index in [0.717, 1.165) is 0 Å². The molecular weight excluding hydrogens is 371 g/mol. The number of ether oxygens (including phenoxy) is 1. The standard InChI is InChI=1S/C14H8Cl2N6OS/c15-8-1-2-11(9(16)5-8)23-7-12-19-20-14-22(12)21-13(24-14)10-6-17-3-4-18-10/h1-6H,7H2. The molecule has 0 atom stereocenters. The third-order valence-electron chi connectivity index (χ3n) is 3.09. The van der Waals surface area contributed by atoms with Crippen LogP contribution in [0, 0.1) is 0 Å². The molecule has 3 heterocycles. The summed E-state index contributed by atoms with van der Waals surface area (Å²) in [5.41, 5.74) is 0.681. The summed E-state index contributed by atoms with van der Waals surface area (Å²) in [7, 11) is 0. The maximum atomic E-state index is 6.09. The average Bonchev–Trinajstić information content (AvgIpc) is 3.16. The van der Waals surface area contributed by atoms with E-state index in [4.69, 9.17) is 27.9 Å². The van der Waals surface area contributed by atoms with Crippen molar-refractivity contribution in [1.82, 2.24) is 29.8 Å². The fourth-order valence-electron chi connectivity index (χ4n) is 2.00. The zero-order chi connectivity index (χ0) is 16.5. The van der Waals surface area contributed by atoms with Gasteiger partial charge in [0.05, 0.1) is 11.2 Å². The second-order valence-electron chi connectivity index (χ2n) is 4.67. The van der Waals surface area contributed by atoms with E-state index in [0.29, 0.717) is 37.3 Å². The van der Waals surface area contributed by atoms with E-state index in [2.05, 4.69) is 25.3 Å². The second kappa shape index (κ2) is 6.31. The molecule has 0 fully saturated rings. The lowest BCUT2D eigenvalue weighted by molar-refractivity contribution is 0.293. The SMILES string of the molecule is Clc1ccc(OCc2nnc3sc(-c4cnccn4)nn23)c(Cl)c1. The summed E-state index contributed by atoms with van der Waals surface area (Å²) in [5, 5.41) is 14.3. The van der Waals surface area contributed by atoms with Crippen LogP contribution in [-0.2, 0) is 6.61 Å². The Morgan fingerprint density at radius 1 is 1.17 bits per heavy atom. The fraction of sp³-hybridized carbons (Fsp3) is 0.0714. The van der Waals surface area contributed by atoms with Gasteiger partial charge in [0.1, 0.15) is 18.1 Å². The first-order chi connectivity index (χ1) is 11.7. The lowest BCUT2D eigenvalue weighted by Gasteiger charge is -2.06. The molecule has 0 unspecified atom stereocenters. The Kier molecular flexibility index (Phi) is 4.01. The van der Waals surface area contributed by atoms with Crippen molar-refractivity contribution < 1.29 is 4.74 Å². The molecule has 0 aliphatic heterocycles. The highest BCUT2D eigenvalue weighted by molar-refractivity contribution is 7.19. The minimum atomic E-state index is 0.173.